The Morgan fingerprint density at radius 2 is 1.83 bits per heavy atom. The smallest absolute Gasteiger partial charge is 0.187 e. The summed E-state index contributed by atoms with van der Waals surface area (Å²) in [6.45, 7) is 2.02. The number of anilines is 1. The minimum absolute atomic E-state index is 0.123. The Balaban J connectivity index is 2.09. The molecule has 0 unspecified atom stereocenters. The van der Waals surface area contributed by atoms with Gasteiger partial charge in [0.15, 0.2) is 17.3 Å². The second-order valence-corrected chi connectivity index (χ2v) is 5.75. The fraction of sp³-hybridized carbons (Fsp3) is 0.167. The summed E-state index contributed by atoms with van der Waals surface area (Å²) in [7, 11) is 3.10. The number of ether oxygens (including phenoxy) is 2. The van der Waals surface area contributed by atoms with Crippen LogP contribution < -0.4 is 14.8 Å². The molecule has 0 bridgehead atoms. The van der Waals surface area contributed by atoms with Gasteiger partial charge >= 0.3 is 0 Å². The first kappa shape index (κ1) is 17.1. The number of aryl methyl sites for hydroxylation is 1. The third-order valence-electron chi connectivity index (χ3n) is 3.27. The number of hydrogen-bond donors (Lipinski definition) is 1. The highest BCUT2D eigenvalue weighted by Crippen LogP contribution is 2.28. The molecule has 2 rings (SSSR count). The van der Waals surface area contributed by atoms with Crippen molar-refractivity contribution in [2.24, 2.45) is 0 Å². The predicted molar refractivity (Wildman–Crippen MR) is 95.5 cm³/mol. The lowest BCUT2D eigenvalue weighted by Gasteiger charge is -2.08. The highest BCUT2D eigenvalue weighted by molar-refractivity contribution is 9.10. The molecule has 0 amide bonds. The van der Waals surface area contributed by atoms with Crippen molar-refractivity contribution in [3.63, 3.8) is 0 Å². The first-order chi connectivity index (χ1) is 11.0. The molecule has 0 saturated carbocycles. The van der Waals surface area contributed by atoms with Gasteiger partial charge in [0.2, 0.25) is 0 Å². The van der Waals surface area contributed by atoms with Gasteiger partial charge < -0.3 is 14.8 Å². The second kappa shape index (κ2) is 7.83. The average Bonchev–Trinajstić information content (AvgIpc) is 2.56. The number of ketones is 1. The van der Waals surface area contributed by atoms with Crippen molar-refractivity contribution in [1.82, 2.24) is 0 Å². The van der Waals surface area contributed by atoms with Crippen LogP contribution in [0.15, 0.2) is 53.1 Å². The lowest BCUT2D eigenvalue weighted by atomic mass is 10.1. The van der Waals surface area contributed by atoms with E-state index in [-0.39, 0.29) is 5.78 Å². The van der Waals surface area contributed by atoms with E-state index in [4.69, 9.17) is 9.47 Å². The number of allylic oxidation sites excluding steroid dienone is 1. The van der Waals surface area contributed by atoms with Crippen molar-refractivity contribution in [1.29, 1.82) is 0 Å². The number of benzene rings is 2. The van der Waals surface area contributed by atoms with E-state index in [9.17, 15) is 4.79 Å². The second-order valence-electron chi connectivity index (χ2n) is 4.89. The normalized spacial score (nSPS) is 10.6. The molecule has 0 aliphatic rings. The lowest BCUT2D eigenvalue weighted by molar-refractivity contribution is 0.104. The van der Waals surface area contributed by atoms with Crippen LogP contribution in [0.4, 0.5) is 5.69 Å². The summed E-state index contributed by atoms with van der Waals surface area (Å²) < 4.78 is 11.3. The van der Waals surface area contributed by atoms with Crippen LogP contribution in [0.25, 0.3) is 0 Å². The van der Waals surface area contributed by atoms with Crippen LogP contribution in [0.2, 0.25) is 0 Å². The van der Waals surface area contributed by atoms with Crippen molar-refractivity contribution >= 4 is 27.4 Å². The molecule has 0 aliphatic carbocycles. The highest BCUT2D eigenvalue weighted by Gasteiger charge is 2.08. The summed E-state index contributed by atoms with van der Waals surface area (Å²) in [4.78, 5) is 12.2. The Bertz CT molecular complexity index is 741. The van der Waals surface area contributed by atoms with Crippen LogP contribution in [0.5, 0.6) is 11.5 Å². The Hall–Kier alpha value is -2.27. The summed E-state index contributed by atoms with van der Waals surface area (Å²) >= 11 is 3.48. The van der Waals surface area contributed by atoms with E-state index in [1.807, 2.05) is 25.1 Å². The zero-order chi connectivity index (χ0) is 16.8. The third-order valence-corrected chi connectivity index (χ3v) is 3.92. The van der Waals surface area contributed by atoms with E-state index in [0.29, 0.717) is 17.1 Å². The molecule has 0 radical (unpaired) electrons. The standard InChI is InChI=1S/C18H18BrNO3/c1-12-4-6-15(14(19)10-12)20-9-8-16(21)13-5-7-17(22-2)18(11-13)23-3/h4-11,20H,1-3H3/b9-8+. The van der Waals surface area contributed by atoms with E-state index in [1.165, 1.54) is 6.08 Å². The molecular weight excluding hydrogens is 358 g/mol. The fourth-order valence-electron chi connectivity index (χ4n) is 2.03. The van der Waals surface area contributed by atoms with Crippen LogP contribution >= 0.6 is 15.9 Å². The van der Waals surface area contributed by atoms with Gasteiger partial charge in [-0.3, -0.25) is 4.79 Å². The van der Waals surface area contributed by atoms with E-state index in [2.05, 4.69) is 21.2 Å². The Morgan fingerprint density at radius 1 is 1.09 bits per heavy atom. The molecule has 0 aromatic heterocycles. The van der Waals surface area contributed by atoms with Gasteiger partial charge in [0.1, 0.15) is 0 Å². The number of nitrogens with one attached hydrogen (secondary N) is 1. The van der Waals surface area contributed by atoms with E-state index in [0.717, 1.165) is 15.7 Å². The number of rotatable bonds is 6. The lowest BCUT2D eigenvalue weighted by Crippen LogP contribution is -1.99. The molecule has 0 heterocycles. The van der Waals surface area contributed by atoms with Gasteiger partial charge in [-0.25, -0.2) is 0 Å². The molecule has 0 spiro atoms. The number of methoxy groups -OCH3 is 2. The quantitative estimate of drug-likeness (QED) is 0.592. The predicted octanol–water partition coefficient (Wildman–Crippen LogP) is 4.58. The Morgan fingerprint density at radius 3 is 2.48 bits per heavy atom. The fourth-order valence-corrected chi connectivity index (χ4v) is 2.64. The number of carbonyl (C=O) groups excluding carboxylic acids is 1. The monoisotopic (exact) mass is 375 g/mol. The summed E-state index contributed by atoms with van der Waals surface area (Å²) in [6, 6.07) is 11.0. The summed E-state index contributed by atoms with van der Waals surface area (Å²) in [5.74, 6) is 0.998. The van der Waals surface area contributed by atoms with Crippen LogP contribution in [0.3, 0.4) is 0 Å². The molecule has 4 nitrogen and oxygen atoms in total. The van der Waals surface area contributed by atoms with Crippen LogP contribution in [-0.4, -0.2) is 20.0 Å². The molecule has 2 aromatic rings. The van der Waals surface area contributed by atoms with Gasteiger partial charge in [-0.2, -0.15) is 0 Å². The number of hydrogen-bond acceptors (Lipinski definition) is 4. The molecular formula is C18H18BrNO3. The topological polar surface area (TPSA) is 47.6 Å². The van der Waals surface area contributed by atoms with Crippen molar-refractivity contribution in [2.75, 3.05) is 19.5 Å². The molecule has 2 aromatic carbocycles. The maximum Gasteiger partial charge on any atom is 0.187 e. The van der Waals surface area contributed by atoms with E-state index >= 15 is 0 Å². The van der Waals surface area contributed by atoms with Gasteiger partial charge in [0.05, 0.1) is 19.9 Å². The van der Waals surface area contributed by atoms with Gasteiger partial charge in [0.25, 0.3) is 0 Å². The summed E-state index contributed by atoms with van der Waals surface area (Å²) in [5, 5.41) is 3.09. The molecule has 120 valence electrons. The first-order valence-corrected chi connectivity index (χ1v) is 7.80. The first-order valence-electron chi connectivity index (χ1n) is 7.00. The van der Waals surface area contributed by atoms with Crippen LogP contribution in [0, 0.1) is 6.92 Å². The summed E-state index contributed by atoms with van der Waals surface area (Å²) in [5.41, 5.74) is 2.59. The average molecular weight is 376 g/mol. The Labute approximate surface area is 144 Å². The number of carbonyl (C=O) groups is 1. The van der Waals surface area contributed by atoms with Crippen molar-refractivity contribution in [2.45, 2.75) is 6.92 Å². The van der Waals surface area contributed by atoms with Gasteiger partial charge in [0, 0.05) is 22.3 Å². The van der Waals surface area contributed by atoms with E-state index < -0.39 is 0 Å². The minimum atomic E-state index is -0.123. The molecule has 5 heteroatoms. The molecule has 1 N–H and O–H groups in total. The maximum atomic E-state index is 12.2. The summed E-state index contributed by atoms with van der Waals surface area (Å²) in [6.07, 6.45) is 3.10. The zero-order valence-electron chi connectivity index (χ0n) is 13.2. The van der Waals surface area contributed by atoms with Crippen molar-refractivity contribution < 1.29 is 14.3 Å². The molecule has 23 heavy (non-hydrogen) atoms. The van der Waals surface area contributed by atoms with Gasteiger partial charge in [-0.15, -0.1) is 0 Å². The largest absolute Gasteiger partial charge is 0.493 e. The SMILES string of the molecule is COc1ccc(C(=O)/C=C/Nc2ccc(C)cc2Br)cc1OC. The molecule has 0 aliphatic heterocycles. The minimum Gasteiger partial charge on any atom is -0.493 e. The van der Waals surface area contributed by atoms with Crippen LogP contribution in [0.1, 0.15) is 15.9 Å². The third kappa shape index (κ3) is 4.36. The van der Waals surface area contributed by atoms with Gasteiger partial charge in [-0.05, 0) is 58.7 Å². The molecule has 0 atom stereocenters. The van der Waals surface area contributed by atoms with E-state index in [1.54, 1.807) is 38.6 Å². The van der Waals surface area contributed by atoms with Crippen molar-refractivity contribution in [3.05, 3.63) is 64.3 Å². The highest BCUT2D eigenvalue weighted by atomic mass is 79.9. The van der Waals surface area contributed by atoms with Crippen LogP contribution in [-0.2, 0) is 0 Å². The molecule has 0 saturated heterocycles. The van der Waals surface area contributed by atoms with Crippen molar-refractivity contribution in [3.8, 4) is 11.5 Å². The van der Waals surface area contributed by atoms with Gasteiger partial charge in [-0.1, -0.05) is 6.07 Å². The Kier molecular flexibility index (Phi) is 5.82. The number of halogens is 1. The maximum absolute atomic E-state index is 12.2. The zero-order valence-corrected chi connectivity index (χ0v) is 14.8. The molecule has 0 fully saturated rings.